The van der Waals surface area contributed by atoms with Crippen molar-refractivity contribution in [1.82, 2.24) is 5.32 Å². The molecule has 2 unspecified atom stereocenters. The topological polar surface area (TPSA) is 69.6 Å². The van der Waals surface area contributed by atoms with E-state index in [-0.39, 0.29) is 0 Å². The van der Waals surface area contributed by atoms with Crippen molar-refractivity contribution in [2.45, 2.75) is 44.0 Å². The van der Waals surface area contributed by atoms with Gasteiger partial charge >= 0.3 is 7.12 Å². The van der Waals surface area contributed by atoms with Crippen molar-refractivity contribution in [3.8, 4) is 0 Å². The molecule has 0 aromatic heterocycles. The van der Waals surface area contributed by atoms with Gasteiger partial charge in [-0.1, -0.05) is 38.3 Å². The summed E-state index contributed by atoms with van der Waals surface area (Å²) in [6.45, 7) is 9.34. The molecule has 96 valence electrons. The van der Waals surface area contributed by atoms with Gasteiger partial charge in [0.25, 0.3) is 0 Å². The number of hydrogen-bond acceptors (Lipinski definition) is 3. The summed E-state index contributed by atoms with van der Waals surface area (Å²) >= 11 is 0. The monoisotopic (exact) mass is 239 g/mol. The maximum atomic E-state index is 10.5. The molecule has 0 spiro atoms. The van der Waals surface area contributed by atoms with Crippen LogP contribution in [0, 0.1) is 0 Å². The van der Waals surface area contributed by atoms with Crippen LogP contribution in [0.2, 0.25) is 5.31 Å². The van der Waals surface area contributed by atoms with Gasteiger partial charge in [-0.05, 0) is 6.42 Å². The number of rotatable bonds is 10. The van der Waals surface area contributed by atoms with E-state index in [1.54, 1.807) is 0 Å². The molecule has 4 nitrogen and oxygen atoms in total. The third-order valence-corrected chi connectivity index (χ3v) is 3.14. The van der Waals surface area contributed by atoms with E-state index in [2.05, 4.69) is 25.4 Å². The minimum atomic E-state index is -1.58. The largest absolute Gasteiger partial charge is 0.464 e. The van der Waals surface area contributed by atoms with E-state index in [1.807, 2.05) is 0 Å². The minimum Gasteiger partial charge on any atom is -0.426 e. The minimum absolute atomic E-state index is 0.533. The number of hydrogen-bond donors (Lipinski definition) is 3. The standard InChI is InChI=1S/C12H22BNO3/c1-4-7-8-9-12(6-3,13(16)17)11(5-2)14-10-15/h5-6,10-11,16-17H,2-4,7-9H2,1H3,(H,14,15). The summed E-state index contributed by atoms with van der Waals surface area (Å²) in [7, 11) is -1.58. The smallest absolute Gasteiger partial charge is 0.426 e. The summed E-state index contributed by atoms with van der Waals surface area (Å²) in [4.78, 5) is 10.5. The first-order chi connectivity index (χ1) is 8.08. The molecule has 17 heavy (non-hydrogen) atoms. The second-order valence-corrected chi connectivity index (χ2v) is 4.15. The zero-order chi connectivity index (χ0) is 13.3. The van der Waals surface area contributed by atoms with Gasteiger partial charge in [-0.2, -0.15) is 0 Å². The van der Waals surface area contributed by atoms with Gasteiger partial charge in [-0.3, -0.25) is 4.79 Å². The highest BCUT2D eigenvalue weighted by Gasteiger charge is 2.44. The molecule has 0 aliphatic heterocycles. The Hall–Kier alpha value is -1.07. The van der Waals surface area contributed by atoms with Crippen LogP contribution in [0.25, 0.3) is 0 Å². The molecular formula is C12H22BNO3. The molecule has 2 atom stereocenters. The Balaban J connectivity index is 4.95. The van der Waals surface area contributed by atoms with Crippen LogP contribution >= 0.6 is 0 Å². The molecule has 1 amide bonds. The summed E-state index contributed by atoms with van der Waals surface area (Å²) in [5, 5.41) is 20.7. The van der Waals surface area contributed by atoms with Crippen molar-refractivity contribution in [2.75, 3.05) is 0 Å². The third-order valence-electron chi connectivity index (χ3n) is 3.14. The van der Waals surface area contributed by atoms with Gasteiger partial charge in [-0.15, -0.1) is 13.2 Å². The second kappa shape index (κ2) is 8.09. The molecule has 0 fully saturated rings. The van der Waals surface area contributed by atoms with E-state index < -0.39 is 18.5 Å². The fourth-order valence-electron chi connectivity index (χ4n) is 1.98. The van der Waals surface area contributed by atoms with Crippen LogP contribution in [0.15, 0.2) is 25.3 Å². The molecule has 0 saturated carbocycles. The van der Waals surface area contributed by atoms with E-state index in [0.717, 1.165) is 19.3 Å². The Labute approximate surface area is 104 Å². The zero-order valence-electron chi connectivity index (χ0n) is 10.4. The Morgan fingerprint density at radius 2 is 2.06 bits per heavy atom. The summed E-state index contributed by atoms with van der Waals surface area (Å²) in [6, 6.07) is -0.533. The first-order valence-electron chi connectivity index (χ1n) is 5.91. The van der Waals surface area contributed by atoms with E-state index in [0.29, 0.717) is 12.8 Å². The predicted molar refractivity (Wildman–Crippen MR) is 70.4 cm³/mol. The zero-order valence-corrected chi connectivity index (χ0v) is 10.4. The van der Waals surface area contributed by atoms with Crippen molar-refractivity contribution in [1.29, 1.82) is 0 Å². The second-order valence-electron chi connectivity index (χ2n) is 4.15. The number of unbranched alkanes of at least 4 members (excludes halogenated alkanes) is 2. The van der Waals surface area contributed by atoms with E-state index in [1.165, 1.54) is 12.2 Å². The molecule has 5 heteroatoms. The van der Waals surface area contributed by atoms with Crippen LogP contribution in [0.4, 0.5) is 0 Å². The maximum Gasteiger partial charge on any atom is 0.464 e. The highest BCUT2D eigenvalue weighted by Crippen LogP contribution is 2.40. The van der Waals surface area contributed by atoms with Gasteiger partial charge in [-0.25, -0.2) is 0 Å². The van der Waals surface area contributed by atoms with Crippen molar-refractivity contribution < 1.29 is 14.8 Å². The van der Waals surface area contributed by atoms with Crippen molar-refractivity contribution >= 4 is 13.5 Å². The first kappa shape index (κ1) is 15.9. The lowest BCUT2D eigenvalue weighted by Crippen LogP contribution is -2.47. The molecule has 0 aromatic rings. The fourth-order valence-corrected chi connectivity index (χ4v) is 1.98. The number of carbonyl (C=O) groups excluding carboxylic acids is 1. The SMILES string of the molecule is C=CC(NC=O)C(C=C)(CCCCC)B(O)O. The summed E-state index contributed by atoms with van der Waals surface area (Å²) in [6.07, 6.45) is 6.94. The quantitative estimate of drug-likeness (QED) is 0.233. The highest BCUT2D eigenvalue weighted by molar-refractivity contribution is 6.47. The lowest BCUT2D eigenvalue weighted by Gasteiger charge is -2.35. The van der Waals surface area contributed by atoms with Gasteiger partial charge in [0.05, 0.1) is 6.04 Å². The van der Waals surface area contributed by atoms with Crippen molar-refractivity contribution in [3.63, 3.8) is 0 Å². The molecule has 0 aromatic carbocycles. The molecular weight excluding hydrogens is 217 g/mol. The van der Waals surface area contributed by atoms with Crippen LogP contribution in [0.3, 0.4) is 0 Å². The van der Waals surface area contributed by atoms with E-state index >= 15 is 0 Å². The highest BCUT2D eigenvalue weighted by atomic mass is 16.4. The lowest BCUT2D eigenvalue weighted by molar-refractivity contribution is -0.110. The number of amides is 1. The Bertz CT molecular complexity index is 258. The molecule has 0 bridgehead atoms. The summed E-state index contributed by atoms with van der Waals surface area (Å²) < 4.78 is 0. The first-order valence-corrected chi connectivity index (χ1v) is 5.91. The maximum absolute atomic E-state index is 10.5. The van der Waals surface area contributed by atoms with Crippen LogP contribution in [-0.2, 0) is 4.79 Å². The molecule has 0 radical (unpaired) electrons. The van der Waals surface area contributed by atoms with Gasteiger partial charge in [0.15, 0.2) is 0 Å². The average Bonchev–Trinajstić information content (AvgIpc) is 2.32. The van der Waals surface area contributed by atoms with Crippen LogP contribution < -0.4 is 5.32 Å². The predicted octanol–water partition coefficient (Wildman–Crippen LogP) is 1.27. The molecule has 0 saturated heterocycles. The molecule has 0 aliphatic carbocycles. The Morgan fingerprint density at radius 1 is 1.41 bits per heavy atom. The molecule has 0 aliphatic rings. The number of nitrogens with one attached hydrogen (secondary N) is 1. The normalized spacial score (nSPS) is 15.5. The van der Waals surface area contributed by atoms with Crippen LogP contribution in [-0.4, -0.2) is 29.6 Å². The lowest BCUT2D eigenvalue weighted by atomic mass is 9.52. The third kappa shape index (κ3) is 4.02. The van der Waals surface area contributed by atoms with Gasteiger partial charge in [0.2, 0.25) is 6.41 Å². The summed E-state index contributed by atoms with van der Waals surface area (Å²) in [5.74, 6) is 0. The molecule has 0 rings (SSSR count). The van der Waals surface area contributed by atoms with Crippen LogP contribution in [0.5, 0.6) is 0 Å². The molecule has 3 N–H and O–H groups in total. The van der Waals surface area contributed by atoms with Gasteiger partial charge < -0.3 is 15.4 Å². The Morgan fingerprint density at radius 3 is 2.41 bits per heavy atom. The van der Waals surface area contributed by atoms with Crippen molar-refractivity contribution in [2.24, 2.45) is 0 Å². The Kier molecular flexibility index (Phi) is 7.58. The van der Waals surface area contributed by atoms with E-state index in [4.69, 9.17) is 0 Å². The fraction of sp³-hybridized carbons (Fsp3) is 0.583. The average molecular weight is 239 g/mol. The van der Waals surface area contributed by atoms with Crippen LogP contribution in [0.1, 0.15) is 32.6 Å². The van der Waals surface area contributed by atoms with E-state index in [9.17, 15) is 14.8 Å². The number of carbonyl (C=O) groups is 1. The summed E-state index contributed by atoms with van der Waals surface area (Å²) in [5.41, 5.74) is 0. The van der Waals surface area contributed by atoms with Gasteiger partial charge in [0, 0.05) is 5.31 Å². The van der Waals surface area contributed by atoms with Gasteiger partial charge in [0.1, 0.15) is 0 Å². The van der Waals surface area contributed by atoms with Crippen molar-refractivity contribution in [3.05, 3.63) is 25.3 Å². The molecule has 0 heterocycles.